The van der Waals surface area contributed by atoms with Crippen LogP contribution in [0.3, 0.4) is 0 Å². The third-order valence-corrected chi connectivity index (χ3v) is 5.75. The van der Waals surface area contributed by atoms with Crippen molar-refractivity contribution in [2.45, 2.75) is 13.0 Å². The Morgan fingerprint density at radius 1 is 0.946 bits per heavy atom. The second kappa shape index (κ2) is 13.0. The number of tetrazole rings is 1. The van der Waals surface area contributed by atoms with Gasteiger partial charge in [-0.25, -0.2) is 0 Å². The quantitative estimate of drug-likeness (QED) is 0.187. The summed E-state index contributed by atoms with van der Waals surface area (Å²) in [6.45, 7) is 1.01. The number of para-hydroxylation sites is 2. The zero-order valence-electron chi connectivity index (χ0n) is 19.5. The molecule has 0 atom stereocenters. The van der Waals surface area contributed by atoms with E-state index in [1.54, 1.807) is 30.3 Å². The van der Waals surface area contributed by atoms with Crippen LogP contribution in [0.25, 0.3) is 11.4 Å². The van der Waals surface area contributed by atoms with Crippen molar-refractivity contribution in [3.63, 3.8) is 0 Å². The summed E-state index contributed by atoms with van der Waals surface area (Å²) in [7, 11) is 0. The first-order valence-corrected chi connectivity index (χ1v) is 12.5. The predicted octanol–water partition coefficient (Wildman–Crippen LogP) is 4.93. The van der Waals surface area contributed by atoms with Crippen molar-refractivity contribution in [3.05, 3.63) is 82.8 Å². The summed E-state index contributed by atoms with van der Waals surface area (Å²) < 4.78 is 5.96. The van der Waals surface area contributed by atoms with Crippen LogP contribution in [0.1, 0.15) is 6.42 Å². The highest BCUT2D eigenvalue weighted by Crippen LogP contribution is 2.35. The molecule has 0 radical (unpaired) electrons. The zero-order chi connectivity index (χ0) is 26.0. The van der Waals surface area contributed by atoms with Gasteiger partial charge >= 0.3 is 0 Å². The summed E-state index contributed by atoms with van der Waals surface area (Å²) in [4.78, 5) is 13.6. The van der Waals surface area contributed by atoms with E-state index in [1.165, 1.54) is 4.80 Å². The Morgan fingerprint density at radius 3 is 2.51 bits per heavy atom. The fourth-order valence-electron chi connectivity index (χ4n) is 3.23. The average Bonchev–Trinajstić information content (AvgIpc) is 3.34. The summed E-state index contributed by atoms with van der Waals surface area (Å²) in [5.74, 6) is 1.02. The van der Waals surface area contributed by atoms with Crippen LogP contribution in [0.4, 0.5) is 5.69 Å². The molecule has 12 heteroatoms. The maximum absolute atomic E-state index is 12.3. The van der Waals surface area contributed by atoms with Gasteiger partial charge in [-0.2, -0.15) is 4.80 Å². The average molecular weight is 556 g/mol. The summed E-state index contributed by atoms with van der Waals surface area (Å²) in [6, 6.07) is 21.8. The molecule has 0 unspecified atom stereocenters. The number of aromatic nitrogens is 4. The molecule has 1 amide bonds. The standard InChI is InChI=1S/C25H23Cl2N7O2S/c26-17-11-12-22(20(27)15-17)36-21-10-5-4-9-19(21)24-31-33-34(32-24)16-23(35)28-13-6-14-29-25(37)30-18-7-2-1-3-8-18/h1-5,7-12,15H,6,13-14,16H2,(H,28,35)(H2,29,30,37). The normalized spacial score (nSPS) is 10.5. The summed E-state index contributed by atoms with van der Waals surface area (Å²) in [5.41, 5.74) is 1.52. The van der Waals surface area contributed by atoms with E-state index in [-0.39, 0.29) is 12.5 Å². The molecule has 3 N–H and O–H groups in total. The number of amides is 1. The maximum Gasteiger partial charge on any atom is 0.243 e. The minimum absolute atomic E-state index is 0.0690. The van der Waals surface area contributed by atoms with E-state index in [4.69, 9.17) is 40.2 Å². The van der Waals surface area contributed by atoms with Crippen LogP contribution in [0.2, 0.25) is 10.0 Å². The number of ether oxygens (including phenoxy) is 1. The molecule has 190 valence electrons. The molecule has 0 aliphatic rings. The van der Waals surface area contributed by atoms with Crippen molar-refractivity contribution in [3.8, 4) is 22.9 Å². The van der Waals surface area contributed by atoms with Gasteiger partial charge in [0.25, 0.3) is 0 Å². The maximum atomic E-state index is 12.3. The number of halogens is 2. The Bertz CT molecular complexity index is 1370. The number of hydrogen-bond donors (Lipinski definition) is 3. The van der Waals surface area contributed by atoms with Gasteiger partial charge in [0.2, 0.25) is 11.7 Å². The van der Waals surface area contributed by atoms with Gasteiger partial charge in [0, 0.05) is 23.8 Å². The number of carbonyl (C=O) groups excluding carboxylic acids is 1. The number of nitrogens with zero attached hydrogens (tertiary/aromatic N) is 4. The highest BCUT2D eigenvalue weighted by molar-refractivity contribution is 7.80. The third kappa shape index (κ3) is 7.88. The molecule has 0 spiro atoms. The highest BCUT2D eigenvalue weighted by Gasteiger charge is 2.15. The number of benzene rings is 3. The molecule has 4 aromatic rings. The molecule has 1 heterocycles. The van der Waals surface area contributed by atoms with E-state index < -0.39 is 0 Å². The first-order valence-electron chi connectivity index (χ1n) is 11.3. The molecule has 0 bridgehead atoms. The largest absolute Gasteiger partial charge is 0.455 e. The van der Waals surface area contributed by atoms with E-state index in [9.17, 15) is 4.79 Å². The van der Waals surface area contributed by atoms with Crippen LogP contribution in [-0.4, -0.2) is 44.3 Å². The number of hydrogen-bond acceptors (Lipinski definition) is 6. The van der Waals surface area contributed by atoms with Gasteiger partial charge in [0.05, 0.1) is 10.6 Å². The van der Waals surface area contributed by atoms with Crippen LogP contribution in [0.15, 0.2) is 72.8 Å². The number of carbonyl (C=O) groups is 1. The first kappa shape index (κ1) is 26.3. The molecule has 0 fully saturated rings. The van der Waals surface area contributed by atoms with Crippen LogP contribution in [-0.2, 0) is 11.3 Å². The molecule has 0 saturated carbocycles. The summed E-state index contributed by atoms with van der Waals surface area (Å²) >= 11 is 17.5. The van der Waals surface area contributed by atoms with Crippen molar-refractivity contribution in [1.29, 1.82) is 0 Å². The Balaban J connectivity index is 1.24. The predicted molar refractivity (Wildman–Crippen MR) is 148 cm³/mol. The van der Waals surface area contributed by atoms with Gasteiger partial charge in [-0.1, -0.05) is 53.5 Å². The second-order valence-corrected chi connectivity index (χ2v) is 9.02. The molecule has 1 aromatic heterocycles. The fourth-order valence-corrected chi connectivity index (χ4v) is 3.90. The lowest BCUT2D eigenvalue weighted by Gasteiger charge is -2.10. The van der Waals surface area contributed by atoms with Gasteiger partial charge in [0.1, 0.15) is 18.0 Å². The van der Waals surface area contributed by atoms with E-state index in [0.29, 0.717) is 57.6 Å². The number of nitrogens with one attached hydrogen (secondary N) is 3. The van der Waals surface area contributed by atoms with Crippen molar-refractivity contribution >= 4 is 52.1 Å². The number of rotatable bonds is 10. The number of anilines is 1. The van der Waals surface area contributed by atoms with Crippen LogP contribution in [0, 0.1) is 0 Å². The lowest BCUT2D eigenvalue weighted by molar-refractivity contribution is -0.122. The zero-order valence-corrected chi connectivity index (χ0v) is 21.9. The van der Waals surface area contributed by atoms with Crippen molar-refractivity contribution in [2.24, 2.45) is 0 Å². The molecule has 3 aromatic carbocycles. The third-order valence-electron chi connectivity index (χ3n) is 4.97. The SMILES string of the molecule is O=C(Cn1nnc(-c2ccccc2Oc2ccc(Cl)cc2Cl)n1)NCCCNC(=S)Nc1ccccc1. The molecule has 37 heavy (non-hydrogen) atoms. The van der Waals surface area contributed by atoms with Gasteiger partial charge in [-0.3, -0.25) is 4.79 Å². The van der Waals surface area contributed by atoms with E-state index in [2.05, 4.69) is 31.4 Å². The molecule has 0 saturated heterocycles. The molecular formula is C25H23Cl2N7O2S. The van der Waals surface area contributed by atoms with E-state index >= 15 is 0 Å². The van der Waals surface area contributed by atoms with E-state index in [0.717, 1.165) is 5.69 Å². The Kier molecular flexibility index (Phi) is 9.25. The topological polar surface area (TPSA) is 106 Å². The molecule has 4 rings (SSSR count). The molecule has 0 aliphatic heterocycles. The lowest BCUT2D eigenvalue weighted by atomic mass is 10.2. The van der Waals surface area contributed by atoms with Gasteiger partial charge < -0.3 is 20.7 Å². The van der Waals surface area contributed by atoms with Crippen molar-refractivity contribution in [2.75, 3.05) is 18.4 Å². The second-order valence-electron chi connectivity index (χ2n) is 7.77. The Labute approximate surface area is 229 Å². The van der Waals surface area contributed by atoms with E-state index in [1.807, 2.05) is 42.5 Å². The van der Waals surface area contributed by atoms with Gasteiger partial charge in [-0.15, -0.1) is 10.2 Å². The summed E-state index contributed by atoms with van der Waals surface area (Å²) in [5, 5.41) is 22.9. The van der Waals surface area contributed by atoms with Crippen LogP contribution < -0.4 is 20.7 Å². The van der Waals surface area contributed by atoms with Crippen molar-refractivity contribution < 1.29 is 9.53 Å². The van der Waals surface area contributed by atoms with Crippen LogP contribution in [0.5, 0.6) is 11.5 Å². The number of thiocarbonyl (C=S) groups is 1. The molecule has 9 nitrogen and oxygen atoms in total. The van der Waals surface area contributed by atoms with Crippen LogP contribution >= 0.6 is 35.4 Å². The summed E-state index contributed by atoms with van der Waals surface area (Å²) in [6.07, 6.45) is 0.691. The highest BCUT2D eigenvalue weighted by atomic mass is 35.5. The first-order chi connectivity index (χ1) is 18.0. The Morgan fingerprint density at radius 2 is 1.70 bits per heavy atom. The monoisotopic (exact) mass is 555 g/mol. The Hall–Kier alpha value is -3.73. The van der Waals surface area contributed by atoms with Gasteiger partial charge in [0.15, 0.2) is 5.11 Å². The minimum Gasteiger partial charge on any atom is -0.455 e. The minimum atomic E-state index is -0.230. The van der Waals surface area contributed by atoms with Crippen molar-refractivity contribution in [1.82, 2.24) is 30.8 Å². The fraction of sp³-hybridized carbons (Fsp3) is 0.160. The smallest absolute Gasteiger partial charge is 0.243 e. The molecular weight excluding hydrogens is 533 g/mol. The van der Waals surface area contributed by atoms with Gasteiger partial charge in [-0.05, 0) is 66.3 Å². The lowest BCUT2D eigenvalue weighted by Crippen LogP contribution is -2.33. The molecule has 0 aliphatic carbocycles.